The maximum absolute atomic E-state index is 12.6. The third-order valence-corrected chi connectivity index (χ3v) is 3.80. The molecule has 1 aliphatic heterocycles. The van der Waals surface area contributed by atoms with E-state index in [1.165, 1.54) is 12.8 Å². The molecule has 1 fully saturated rings. The lowest BCUT2D eigenvalue weighted by atomic mass is 9.91. The average molecular weight is 284 g/mol. The van der Waals surface area contributed by atoms with Crippen LogP contribution < -0.4 is 4.74 Å². The molecule has 3 nitrogen and oxygen atoms in total. The van der Waals surface area contributed by atoms with Crippen molar-refractivity contribution < 1.29 is 9.53 Å². The monoisotopic (exact) mass is 283 g/mol. The Balaban J connectivity index is 0.00000180. The van der Waals surface area contributed by atoms with Crippen LogP contribution in [0.1, 0.15) is 37.0 Å². The van der Waals surface area contributed by atoms with E-state index < -0.39 is 5.54 Å². The minimum Gasteiger partial charge on any atom is -0.497 e. The second kappa shape index (κ2) is 6.40. The minimum atomic E-state index is -0.412. The van der Waals surface area contributed by atoms with Crippen molar-refractivity contribution in [2.75, 3.05) is 20.2 Å². The topological polar surface area (TPSA) is 29.5 Å². The number of carbonyl (C=O) groups is 1. The predicted molar refractivity (Wildman–Crippen MR) is 79.5 cm³/mol. The fourth-order valence-corrected chi connectivity index (χ4v) is 2.52. The first kappa shape index (κ1) is 16.0. The molecule has 1 heterocycles. The molecule has 0 spiro atoms. The van der Waals surface area contributed by atoms with Gasteiger partial charge in [-0.3, -0.25) is 9.69 Å². The molecule has 1 saturated heterocycles. The molecule has 1 aromatic carbocycles. The van der Waals surface area contributed by atoms with Crippen molar-refractivity contribution in [1.82, 2.24) is 4.90 Å². The molecule has 0 unspecified atom stereocenters. The third kappa shape index (κ3) is 3.28. The number of ether oxygens (including phenoxy) is 1. The Bertz CT molecular complexity index is 422. The number of Topliss-reactive ketones (excluding diaryl/α,β-unsaturated/α-hetero) is 1. The van der Waals surface area contributed by atoms with Gasteiger partial charge in [-0.15, -0.1) is 12.4 Å². The van der Waals surface area contributed by atoms with Gasteiger partial charge in [-0.25, -0.2) is 0 Å². The number of nitrogens with zero attached hydrogens (tertiary/aromatic N) is 1. The summed E-state index contributed by atoms with van der Waals surface area (Å²) in [5.41, 5.74) is 0.346. The van der Waals surface area contributed by atoms with Crippen LogP contribution in [0.2, 0.25) is 0 Å². The molecule has 106 valence electrons. The summed E-state index contributed by atoms with van der Waals surface area (Å²) in [7, 11) is 1.63. The van der Waals surface area contributed by atoms with Crippen LogP contribution in [0.4, 0.5) is 0 Å². The summed E-state index contributed by atoms with van der Waals surface area (Å²) in [6.45, 7) is 6.08. The number of hydrogen-bond donors (Lipinski definition) is 0. The summed E-state index contributed by atoms with van der Waals surface area (Å²) >= 11 is 0. The lowest BCUT2D eigenvalue weighted by Crippen LogP contribution is -2.48. The Morgan fingerprint density at radius 1 is 1.16 bits per heavy atom. The highest BCUT2D eigenvalue weighted by molar-refractivity contribution is 6.02. The van der Waals surface area contributed by atoms with E-state index in [0.717, 1.165) is 24.4 Å². The molecule has 0 N–H and O–H groups in total. The molecule has 0 amide bonds. The molecular formula is C15H22ClNO2. The first-order valence-electron chi connectivity index (χ1n) is 6.49. The molecule has 1 aromatic rings. The zero-order chi connectivity index (χ0) is 13.2. The van der Waals surface area contributed by atoms with Gasteiger partial charge in [0.1, 0.15) is 5.75 Å². The van der Waals surface area contributed by atoms with Gasteiger partial charge in [-0.05, 0) is 64.0 Å². The van der Waals surface area contributed by atoms with E-state index in [2.05, 4.69) is 4.90 Å². The van der Waals surface area contributed by atoms with E-state index >= 15 is 0 Å². The molecule has 1 aliphatic rings. The average Bonchev–Trinajstić information content (AvgIpc) is 2.92. The minimum absolute atomic E-state index is 0. The molecule has 2 rings (SSSR count). The van der Waals surface area contributed by atoms with Gasteiger partial charge < -0.3 is 4.74 Å². The van der Waals surface area contributed by atoms with Gasteiger partial charge in [0.2, 0.25) is 0 Å². The molecule has 0 aromatic heterocycles. The van der Waals surface area contributed by atoms with Crippen molar-refractivity contribution in [2.24, 2.45) is 0 Å². The zero-order valence-electron chi connectivity index (χ0n) is 11.8. The van der Waals surface area contributed by atoms with Gasteiger partial charge in [0.15, 0.2) is 5.78 Å². The van der Waals surface area contributed by atoms with Crippen molar-refractivity contribution in [3.8, 4) is 5.75 Å². The Morgan fingerprint density at radius 2 is 1.68 bits per heavy atom. The number of halogens is 1. The van der Waals surface area contributed by atoms with Crippen LogP contribution in [-0.2, 0) is 0 Å². The van der Waals surface area contributed by atoms with E-state index in [0.29, 0.717) is 0 Å². The molecule has 0 saturated carbocycles. The highest BCUT2D eigenvalue weighted by atomic mass is 35.5. The summed E-state index contributed by atoms with van der Waals surface area (Å²) in [4.78, 5) is 14.8. The number of methoxy groups -OCH3 is 1. The Labute approximate surface area is 121 Å². The molecule has 0 radical (unpaired) electrons. The van der Waals surface area contributed by atoms with Gasteiger partial charge >= 0.3 is 0 Å². The first-order valence-corrected chi connectivity index (χ1v) is 6.49. The highest BCUT2D eigenvalue weighted by Gasteiger charge is 2.36. The van der Waals surface area contributed by atoms with Crippen molar-refractivity contribution in [1.29, 1.82) is 0 Å². The van der Waals surface area contributed by atoms with Crippen LogP contribution in [0.25, 0.3) is 0 Å². The number of ketones is 1. The van der Waals surface area contributed by atoms with Crippen molar-refractivity contribution in [3.63, 3.8) is 0 Å². The Kier molecular flexibility index (Phi) is 5.39. The van der Waals surface area contributed by atoms with Crippen LogP contribution in [0.5, 0.6) is 5.75 Å². The zero-order valence-corrected chi connectivity index (χ0v) is 12.6. The molecule has 0 atom stereocenters. The Morgan fingerprint density at radius 3 is 2.16 bits per heavy atom. The number of likely N-dealkylation sites (tertiary alicyclic amines) is 1. The summed E-state index contributed by atoms with van der Waals surface area (Å²) in [5, 5.41) is 0. The second-order valence-corrected chi connectivity index (χ2v) is 5.31. The number of hydrogen-bond acceptors (Lipinski definition) is 3. The fourth-order valence-electron chi connectivity index (χ4n) is 2.52. The quantitative estimate of drug-likeness (QED) is 0.795. The standard InChI is InChI=1S/C15H21NO2.ClH/c1-15(2,16-10-4-5-11-16)14(17)12-6-8-13(18-3)9-7-12;/h6-9H,4-5,10-11H2,1-3H3;1H. The molecule has 19 heavy (non-hydrogen) atoms. The summed E-state index contributed by atoms with van der Waals surface area (Å²) in [6.07, 6.45) is 2.39. The maximum Gasteiger partial charge on any atom is 0.182 e. The van der Waals surface area contributed by atoms with Crippen LogP contribution in [0, 0.1) is 0 Å². The molecular weight excluding hydrogens is 262 g/mol. The predicted octanol–water partition coefficient (Wildman–Crippen LogP) is 3.17. The van der Waals surface area contributed by atoms with Crippen LogP contribution >= 0.6 is 12.4 Å². The fraction of sp³-hybridized carbons (Fsp3) is 0.533. The van der Waals surface area contributed by atoms with Crippen LogP contribution in [-0.4, -0.2) is 36.4 Å². The smallest absolute Gasteiger partial charge is 0.182 e. The SMILES string of the molecule is COc1ccc(C(=O)C(C)(C)N2CCCC2)cc1.Cl. The third-order valence-electron chi connectivity index (χ3n) is 3.80. The summed E-state index contributed by atoms with van der Waals surface area (Å²) < 4.78 is 5.11. The van der Waals surface area contributed by atoms with Crippen molar-refractivity contribution in [3.05, 3.63) is 29.8 Å². The van der Waals surface area contributed by atoms with Crippen molar-refractivity contribution in [2.45, 2.75) is 32.2 Å². The first-order chi connectivity index (χ1) is 8.55. The van der Waals surface area contributed by atoms with Crippen LogP contribution in [0.15, 0.2) is 24.3 Å². The van der Waals surface area contributed by atoms with E-state index in [9.17, 15) is 4.79 Å². The molecule has 0 bridgehead atoms. The highest BCUT2D eigenvalue weighted by Crippen LogP contribution is 2.25. The van der Waals surface area contributed by atoms with Crippen molar-refractivity contribution >= 4 is 18.2 Å². The summed E-state index contributed by atoms with van der Waals surface area (Å²) in [6, 6.07) is 7.37. The molecule has 0 aliphatic carbocycles. The largest absolute Gasteiger partial charge is 0.497 e. The van der Waals surface area contributed by atoms with Gasteiger partial charge in [0, 0.05) is 5.56 Å². The normalized spacial score (nSPS) is 15.9. The summed E-state index contributed by atoms with van der Waals surface area (Å²) in [5.74, 6) is 0.970. The van der Waals surface area contributed by atoms with Gasteiger partial charge in [-0.2, -0.15) is 0 Å². The lowest BCUT2D eigenvalue weighted by Gasteiger charge is -2.33. The second-order valence-electron chi connectivity index (χ2n) is 5.31. The van der Waals surface area contributed by atoms with E-state index in [1.54, 1.807) is 7.11 Å². The number of carbonyl (C=O) groups excluding carboxylic acids is 1. The van der Waals surface area contributed by atoms with E-state index in [1.807, 2.05) is 38.1 Å². The Hall–Kier alpha value is -1.06. The van der Waals surface area contributed by atoms with Gasteiger partial charge in [0.25, 0.3) is 0 Å². The number of benzene rings is 1. The maximum atomic E-state index is 12.6. The van der Waals surface area contributed by atoms with E-state index in [-0.39, 0.29) is 18.2 Å². The lowest BCUT2D eigenvalue weighted by molar-refractivity contribution is 0.0702. The number of rotatable bonds is 4. The van der Waals surface area contributed by atoms with Gasteiger partial charge in [-0.1, -0.05) is 0 Å². The van der Waals surface area contributed by atoms with E-state index in [4.69, 9.17) is 4.74 Å². The van der Waals surface area contributed by atoms with Gasteiger partial charge in [0.05, 0.1) is 12.6 Å². The van der Waals surface area contributed by atoms with Crippen LogP contribution in [0.3, 0.4) is 0 Å². The molecule has 4 heteroatoms.